The Kier molecular flexibility index (Phi) is 5.43. The van der Waals surface area contributed by atoms with Crippen molar-refractivity contribution in [2.75, 3.05) is 5.32 Å². The van der Waals surface area contributed by atoms with Gasteiger partial charge >= 0.3 is 6.18 Å². The van der Waals surface area contributed by atoms with Gasteiger partial charge in [-0.2, -0.15) is 18.3 Å². The molecule has 9 heteroatoms. The van der Waals surface area contributed by atoms with Crippen molar-refractivity contribution >= 4 is 17.2 Å². The fourth-order valence-electron chi connectivity index (χ4n) is 3.14. The zero-order valence-electron chi connectivity index (χ0n) is 18.5. The van der Waals surface area contributed by atoms with Crippen LogP contribution in [0.15, 0.2) is 55.0 Å². The summed E-state index contributed by atoms with van der Waals surface area (Å²) < 4.78 is 40.6. The number of nitrogens with zero attached hydrogens (tertiary/aromatic N) is 4. The number of aromatic nitrogens is 4. The molecule has 0 unspecified atom stereocenters. The van der Waals surface area contributed by atoms with Gasteiger partial charge < -0.3 is 5.32 Å². The Hall–Kier alpha value is -3.75. The van der Waals surface area contributed by atoms with E-state index in [1.165, 1.54) is 10.7 Å². The predicted octanol–water partition coefficient (Wildman–Crippen LogP) is 5.77. The second-order valence-electron chi connectivity index (χ2n) is 8.84. The number of halogens is 3. The van der Waals surface area contributed by atoms with Crippen LogP contribution in [0, 0.1) is 12.3 Å². The Bertz CT molecular complexity index is 1350. The van der Waals surface area contributed by atoms with Gasteiger partial charge in [-0.05, 0) is 36.8 Å². The summed E-state index contributed by atoms with van der Waals surface area (Å²) in [7, 11) is 0. The molecule has 4 aromatic rings. The highest BCUT2D eigenvalue weighted by Gasteiger charge is 2.31. The van der Waals surface area contributed by atoms with Crippen LogP contribution in [0.5, 0.6) is 0 Å². The molecule has 1 aromatic carbocycles. The Morgan fingerprint density at radius 2 is 1.73 bits per heavy atom. The SMILES string of the molecule is Cc1ccc(-c2cn3nc(-c4cncc(C(F)(F)F)c4)ccc3n2)cc1NC(=O)C(C)(C)C. The summed E-state index contributed by atoms with van der Waals surface area (Å²) in [4.78, 5) is 20.7. The number of anilines is 1. The fraction of sp³-hybridized carbons (Fsp3) is 0.250. The van der Waals surface area contributed by atoms with E-state index in [2.05, 4.69) is 20.4 Å². The number of carbonyl (C=O) groups is 1. The second-order valence-corrected chi connectivity index (χ2v) is 8.84. The molecule has 0 saturated carbocycles. The third-order valence-corrected chi connectivity index (χ3v) is 5.14. The maximum atomic E-state index is 13.0. The smallest absolute Gasteiger partial charge is 0.325 e. The van der Waals surface area contributed by atoms with Crippen LogP contribution in [-0.2, 0) is 11.0 Å². The number of amides is 1. The van der Waals surface area contributed by atoms with Crippen LogP contribution in [0.1, 0.15) is 31.9 Å². The molecule has 33 heavy (non-hydrogen) atoms. The number of nitrogens with one attached hydrogen (secondary N) is 1. The van der Waals surface area contributed by atoms with Crippen LogP contribution in [0.4, 0.5) is 18.9 Å². The third kappa shape index (κ3) is 4.72. The first-order valence-electron chi connectivity index (χ1n) is 10.2. The van der Waals surface area contributed by atoms with Gasteiger partial charge in [0.15, 0.2) is 5.65 Å². The molecule has 170 valence electrons. The van der Waals surface area contributed by atoms with E-state index >= 15 is 0 Å². The summed E-state index contributed by atoms with van der Waals surface area (Å²) in [5, 5.41) is 7.37. The van der Waals surface area contributed by atoms with Gasteiger partial charge in [-0.3, -0.25) is 9.78 Å². The van der Waals surface area contributed by atoms with Gasteiger partial charge in [-0.1, -0.05) is 32.9 Å². The highest BCUT2D eigenvalue weighted by molar-refractivity contribution is 5.95. The molecule has 1 amide bonds. The van der Waals surface area contributed by atoms with Crippen molar-refractivity contribution in [3.05, 3.63) is 66.1 Å². The molecule has 0 aliphatic rings. The number of hydrogen-bond acceptors (Lipinski definition) is 4. The van der Waals surface area contributed by atoms with Crippen molar-refractivity contribution in [3.63, 3.8) is 0 Å². The lowest BCUT2D eigenvalue weighted by Gasteiger charge is -2.19. The molecular formula is C24H22F3N5O. The third-order valence-electron chi connectivity index (χ3n) is 5.14. The van der Waals surface area contributed by atoms with Gasteiger partial charge in [-0.25, -0.2) is 9.50 Å². The lowest BCUT2D eigenvalue weighted by Crippen LogP contribution is -2.27. The van der Waals surface area contributed by atoms with Crippen molar-refractivity contribution in [1.29, 1.82) is 0 Å². The van der Waals surface area contributed by atoms with Gasteiger partial charge in [0.25, 0.3) is 0 Å². The van der Waals surface area contributed by atoms with Crippen LogP contribution in [-0.4, -0.2) is 25.5 Å². The minimum atomic E-state index is -4.49. The Morgan fingerprint density at radius 3 is 2.42 bits per heavy atom. The van der Waals surface area contributed by atoms with Crippen LogP contribution < -0.4 is 5.32 Å². The molecule has 0 aliphatic heterocycles. The standard InChI is InChI=1S/C24H22F3N5O/c1-14-5-6-15(10-19(14)30-22(33)23(2,3)4)20-13-32-21(29-20)8-7-18(31-32)16-9-17(12-28-11-16)24(25,26)27/h5-13H,1-4H3,(H,30,33). The van der Waals surface area contributed by atoms with Gasteiger partial charge in [-0.15, -0.1) is 0 Å². The average Bonchev–Trinajstić information content (AvgIpc) is 3.17. The minimum absolute atomic E-state index is 0.0984. The van der Waals surface area contributed by atoms with Gasteiger partial charge in [0.2, 0.25) is 5.91 Å². The topological polar surface area (TPSA) is 72.2 Å². The van der Waals surface area contributed by atoms with E-state index in [1.54, 1.807) is 18.3 Å². The van der Waals surface area contributed by atoms with Crippen molar-refractivity contribution in [2.24, 2.45) is 5.41 Å². The quantitative estimate of drug-likeness (QED) is 0.427. The van der Waals surface area contributed by atoms with E-state index in [9.17, 15) is 18.0 Å². The molecule has 0 fully saturated rings. The normalized spacial score (nSPS) is 12.2. The van der Waals surface area contributed by atoms with Crippen molar-refractivity contribution in [2.45, 2.75) is 33.9 Å². The summed E-state index contributed by atoms with van der Waals surface area (Å²) in [6, 6.07) is 9.93. The summed E-state index contributed by atoms with van der Waals surface area (Å²) in [6.07, 6.45) is -0.670. The molecule has 0 saturated heterocycles. The lowest BCUT2D eigenvalue weighted by atomic mass is 9.95. The number of benzene rings is 1. The average molecular weight is 453 g/mol. The summed E-state index contributed by atoms with van der Waals surface area (Å²) >= 11 is 0. The Morgan fingerprint density at radius 1 is 0.970 bits per heavy atom. The minimum Gasteiger partial charge on any atom is -0.325 e. The predicted molar refractivity (Wildman–Crippen MR) is 119 cm³/mol. The van der Waals surface area contributed by atoms with Crippen LogP contribution >= 0.6 is 0 Å². The molecule has 3 heterocycles. The highest BCUT2D eigenvalue weighted by Crippen LogP contribution is 2.31. The molecule has 0 spiro atoms. The highest BCUT2D eigenvalue weighted by atomic mass is 19.4. The van der Waals surface area contributed by atoms with Gasteiger partial charge in [0.05, 0.1) is 23.1 Å². The second kappa shape index (κ2) is 7.99. The molecule has 0 radical (unpaired) electrons. The Labute approximate surface area is 188 Å². The van der Waals surface area contributed by atoms with Crippen molar-refractivity contribution < 1.29 is 18.0 Å². The van der Waals surface area contributed by atoms with Crippen LogP contribution in [0.3, 0.4) is 0 Å². The molecule has 0 atom stereocenters. The van der Waals surface area contributed by atoms with Crippen LogP contribution in [0.25, 0.3) is 28.2 Å². The van der Waals surface area contributed by atoms with E-state index in [-0.39, 0.29) is 11.5 Å². The van der Waals surface area contributed by atoms with Crippen LogP contribution in [0.2, 0.25) is 0 Å². The molecule has 3 aromatic heterocycles. The van der Waals surface area contributed by atoms with E-state index in [0.29, 0.717) is 22.7 Å². The van der Waals surface area contributed by atoms with E-state index < -0.39 is 17.2 Å². The summed E-state index contributed by atoms with van der Waals surface area (Å²) in [6.45, 7) is 7.43. The lowest BCUT2D eigenvalue weighted by molar-refractivity contribution is -0.137. The monoisotopic (exact) mass is 453 g/mol. The maximum absolute atomic E-state index is 13.0. The van der Waals surface area contributed by atoms with Gasteiger partial charge in [0.1, 0.15) is 0 Å². The fourth-order valence-corrected chi connectivity index (χ4v) is 3.14. The zero-order valence-corrected chi connectivity index (χ0v) is 18.5. The number of carbonyl (C=O) groups excluding carboxylic acids is 1. The molecule has 4 rings (SSSR count). The number of pyridine rings is 1. The number of imidazole rings is 1. The molecule has 0 bridgehead atoms. The molecule has 1 N–H and O–H groups in total. The number of fused-ring (bicyclic) bond motifs is 1. The van der Waals surface area contributed by atoms with Gasteiger partial charge in [0, 0.05) is 34.6 Å². The Balaban J connectivity index is 1.69. The van der Waals surface area contributed by atoms with E-state index in [1.807, 2.05) is 45.9 Å². The van der Waals surface area contributed by atoms with Crippen molar-refractivity contribution in [1.82, 2.24) is 19.6 Å². The van der Waals surface area contributed by atoms with E-state index in [4.69, 9.17) is 0 Å². The maximum Gasteiger partial charge on any atom is 0.417 e. The first kappa shape index (κ1) is 22.4. The molecular weight excluding hydrogens is 431 g/mol. The zero-order chi connectivity index (χ0) is 24.0. The molecule has 0 aliphatic carbocycles. The number of aryl methyl sites for hydroxylation is 1. The van der Waals surface area contributed by atoms with E-state index in [0.717, 1.165) is 23.4 Å². The number of alkyl halides is 3. The molecule has 6 nitrogen and oxygen atoms in total. The first-order chi connectivity index (χ1) is 15.4. The summed E-state index contributed by atoms with van der Waals surface area (Å²) in [5.41, 5.74) is 2.75. The number of rotatable bonds is 3. The first-order valence-corrected chi connectivity index (χ1v) is 10.2. The number of hydrogen-bond donors (Lipinski definition) is 1. The largest absolute Gasteiger partial charge is 0.417 e. The summed E-state index contributed by atoms with van der Waals surface area (Å²) in [5.74, 6) is -0.0984. The van der Waals surface area contributed by atoms with Crippen molar-refractivity contribution in [3.8, 4) is 22.5 Å².